The summed E-state index contributed by atoms with van der Waals surface area (Å²) in [5, 5.41) is 3.81. The van der Waals surface area contributed by atoms with Crippen molar-refractivity contribution in [3.05, 3.63) is 65.8 Å². The number of thioether (sulfide) groups is 1. The van der Waals surface area contributed by atoms with Crippen LogP contribution in [0.4, 0.5) is 17.6 Å². The number of halogens is 4. The van der Waals surface area contributed by atoms with Gasteiger partial charge in [0, 0.05) is 48.8 Å². The topological polar surface area (TPSA) is 62.5 Å². The Morgan fingerprint density at radius 3 is 2.50 bits per heavy atom. The minimum absolute atomic E-state index is 0.0684. The predicted octanol–water partition coefficient (Wildman–Crippen LogP) is 4.72. The van der Waals surface area contributed by atoms with Crippen LogP contribution < -0.4 is 0 Å². The average molecular weight is 495 g/mol. The minimum Gasteiger partial charge on any atom is -0.340 e. The molecule has 2 heterocycles. The summed E-state index contributed by atoms with van der Waals surface area (Å²) in [7, 11) is 0. The number of amides is 1. The van der Waals surface area contributed by atoms with Crippen LogP contribution in [-0.2, 0) is 17.5 Å². The molecule has 4 rings (SSSR count). The van der Waals surface area contributed by atoms with Gasteiger partial charge >= 0.3 is 6.18 Å². The maximum Gasteiger partial charge on any atom is 0.416 e. The molecule has 1 fully saturated rings. The lowest BCUT2D eigenvalue weighted by atomic mass is 10.1. The molecule has 1 aromatic heterocycles. The zero-order valence-corrected chi connectivity index (χ0v) is 18.9. The van der Waals surface area contributed by atoms with Gasteiger partial charge in [0.05, 0.1) is 12.1 Å². The van der Waals surface area contributed by atoms with Crippen molar-refractivity contribution in [2.45, 2.75) is 24.0 Å². The highest BCUT2D eigenvalue weighted by Gasteiger charge is 2.31. The molecule has 0 atom stereocenters. The summed E-state index contributed by atoms with van der Waals surface area (Å²) in [5.74, 6) is 0.811. The van der Waals surface area contributed by atoms with Crippen LogP contribution in [0.5, 0.6) is 0 Å². The molecule has 0 spiro atoms. The van der Waals surface area contributed by atoms with E-state index in [1.165, 1.54) is 36.0 Å². The molecule has 0 N–H and O–H groups in total. The summed E-state index contributed by atoms with van der Waals surface area (Å²) in [6.45, 7) is 2.73. The number of hydrogen-bond donors (Lipinski definition) is 0. The third-order valence-electron chi connectivity index (χ3n) is 5.40. The smallest absolute Gasteiger partial charge is 0.340 e. The zero-order valence-electron chi connectivity index (χ0n) is 18.1. The Labute approximate surface area is 197 Å². The summed E-state index contributed by atoms with van der Waals surface area (Å²) in [5.41, 5.74) is -0.535. The van der Waals surface area contributed by atoms with E-state index in [0.717, 1.165) is 17.0 Å². The molecule has 2 aromatic carbocycles. The molecular weight excluding hydrogens is 472 g/mol. The molecule has 0 aliphatic carbocycles. The third-order valence-corrected chi connectivity index (χ3v) is 6.41. The van der Waals surface area contributed by atoms with Crippen LogP contribution in [-0.4, -0.2) is 57.8 Å². The Morgan fingerprint density at radius 2 is 1.79 bits per heavy atom. The Hall–Kier alpha value is -2.92. The summed E-state index contributed by atoms with van der Waals surface area (Å²) in [4.78, 5) is 21.5. The number of rotatable bonds is 7. The Kier molecular flexibility index (Phi) is 7.52. The Balaban J connectivity index is 1.23. The van der Waals surface area contributed by atoms with E-state index in [1.54, 1.807) is 12.1 Å². The molecule has 0 radical (unpaired) electrons. The first-order valence-corrected chi connectivity index (χ1v) is 11.7. The second-order valence-electron chi connectivity index (χ2n) is 7.80. The van der Waals surface area contributed by atoms with Gasteiger partial charge in [-0.25, -0.2) is 4.39 Å². The van der Waals surface area contributed by atoms with Crippen LogP contribution >= 0.6 is 11.8 Å². The molecule has 1 saturated heterocycles. The SMILES string of the molecule is O=C(CCSc1ccc(F)cc1)N1CCN(Cc2nc(-c3cccc(C(F)(F)F)c3)no2)CC1. The van der Waals surface area contributed by atoms with Gasteiger partial charge < -0.3 is 9.42 Å². The first kappa shape index (κ1) is 24.2. The van der Waals surface area contributed by atoms with Gasteiger partial charge in [-0.15, -0.1) is 11.8 Å². The number of nitrogens with zero attached hydrogens (tertiary/aromatic N) is 4. The summed E-state index contributed by atoms with van der Waals surface area (Å²) in [6, 6.07) is 11.0. The van der Waals surface area contributed by atoms with Gasteiger partial charge in [0.1, 0.15) is 5.82 Å². The highest BCUT2D eigenvalue weighted by molar-refractivity contribution is 7.99. The number of carbonyl (C=O) groups is 1. The van der Waals surface area contributed by atoms with Crippen LogP contribution in [0.15, 0.2) is 57.9 Å². The lowest BCUT2D eigenvalue weighted by molar-refractivity contribution is -0.137. The average Bonchev–Trinajstić information content (AvgIpc) is 3.29. The highest BCUT2D eigenvalue weighted by Crippen LogP contribution is 2.31. The molecule has 0 bridgehead atoms. The van der Waals surface area contributed by atoms with E-state index in [9.17, 15) is 22.4 Å². The predicted molar refractivity (Wildman–Crippen MR) is 118 cm³/mol. The Bertz CT molecular complexity index is 1110. The van der Waals surface area contributed by atoms with Crippen molar-refractivity contribution in [1.29, 1.82) is 0 Å². The maximum absolute atomic E-state index is 13.0. The van der Waals surface area contributed by atoms with Gasteiger partial charge in [-0.1, -0.05) is 17.3 Å². The fraction of sp³-hybridized carbons (Fsp3) is 0.348. The molecule has 0 unspecified atom stereocenters. The summed E-state index contributed by atoms with van der Waals surface area (Å²) < 4.78 is 57.0. The maximum atomic E-state index is 13.0. The van der Waals surface area contributed by atoms with E-state index in [0.29, 0.717) is 50.8 Å². The third kappa shape index (κ3) is 6.35. The van der Waals surface area contributed by atoms with Crippen LogP contribution in [0.3, 0.4) is 0 Å². The number of hydrogen-bond acceptors (Lipinski definition) is 6. The van der Waals surface area contributed by atoms with E-state index in [-0.39, 0.29) is 23.1 Å². The zero-order chi connectivity index (χ0) is 24.1. The molecule has 34 heavy (non-hydrogen) atoms. The lowest BCUT2D eigenvalue weighted by Gasteiger charge is -2.34. The first-order chi connectivity index (χ1) is 16.3. The van der Waals surface area contributed by atoms with Crippen molar-refractivity contribution in [3.8, 4) is 11.4 Å². The molecule has 1 aliphatic heterocycles. The van der Waals surface area contributed by atoms with Crippen LogP contribution in [0.2, 0.25) is 0 Å². The van der Waals surface area contributed by atoms with Crippen LogP contribution in [0.1, 0.15) is 17.9 Å². The fourth-order valence-electron chi connectivity index (χ4n) is 3.56. The number of aromatic nitrogens is 2. The van der Waals surface area contributed by atoms with Gasteiger partial charge in [-0.05, 0) is 36.4 Å². The summed E-state index contributed by atoms with van der Waals surface area (Å²) in [6.07, 6.45) is -4.05. The monoisotopic (exact) mass is 494 g/mol. The standard InChI is InChI=1S/C23H22F4N4O2S/c24-18-4-6-19(7-5-18)34-13-8-21(32)31-11-9-30(10-12-31)15-20-28-22(29-33-20)16-2-1-3-17(14-16)23(25,26)27/h1-7,14H,8-13,15H2. The lowest BCUT2D eigenvalue weighted by Crippen LogP contribution is -2.48. The van der Waals surface area contributed by atoms with Crippen molar-refractivity contribution in [2.24, 2.45) is 0 Å². The largest absolute Gasteiger partial charge is 0.416 e. The molecule has 0 saturated carbocycles. The molecular formula is C23H22F4N4O2S. The molecule has 6 nitrogen and oxygen atoms in total. The highest BCUT2D eigenvalue weighted by atomic mass is 32.2. The van der Waals surface area contributed by atoms with E-state index >= 15 is 0 Å². The van der Waals surface area contributed by atoms with Crippen molar-refractivity contribution in [2.75, 3.05) is 31.9 Å². The van der Waals surface area contributed by atoms with Crippen molar-refractivity contribution >= 4 is 17.7 Å². The quantitative estimate of drug-likeness (QED) is 0.350. The van der Waals surface area contributed by atoms with Crippen molar-refractivity contribution in [3.63, 3.8) is 0 Å². The van der Waals surface area contributed by atoms with Gasteiger partial charge in [-0.2, -0.15) is 18.2 Å². The molecule has 1 amide bonds. The normalized spacial score (nSPS) is 15.0. The number of carbonyl (C=O) groups excluding carboxylic acids is 1. The minimum atomic E-state index is -4.45. The van der Waals surface area contributed by atoms with Crippen LogP contribution in [0.25, 0.3) is 11.4 Å². The van der Waals surface area contributed by atoms with Gasteiger partial charge in [0.2, 0.25) is 17.6 Å². The molecule has 11 heteroatoms. The van der Waals surface area contributed by atoms with Crippen LogP contribution in [0, 0.1) is 5.82 Å². The second kappa shape index (κ2) is 10.6. The fourth-order valence-corrected chi connectivity index (χ4v) is 4.40. The second-order valence-corrected chi connectivity index (χ2v) is 8.97. The number of benzene rings is 2. The first-order valence-electron chi connectivity index (χ1n) is 10.7. The number of alkyl halides is 3. The van der Waals surface area contributed by atoms with Gasteiger partial charge in [0.25, 0.3) is 0 Å². The van der Waals surface area contributed by atoms with Gasteiger partial charge in [-0.3, -0.25) is 9.69 Å². The molecule has 3 aromatic rings. The van der Waals surface area contributed by atoms with Gasteiger partial charge in [0.15, 0.2) is 0 Å². The Morgan fingerprint density at radius 1 is 1.06 bits per heavy atom. The van der Waals surface area contributed by atoms with E-state index in [2.05, 4.69) is 15.0 Å². The van der Waals surface area contributed by atoms with E-state index < -0.39 is 11.7 Å². The van der Waals surface area contributed by atoms with Crippen molar-refractivity contribution < 1.29 is 26.9 Å². The van der Waals surface area contributed by atoms with Crippen molar-refractivity contribution in [1.82, 2.24) is 19.9 Å². The number of piperazine rings is 1. The molecule has 180 valence electrons. The molecule has 1 aliphatic rings. The van der Waals surface area contributed by atoms with E-state index in [1.807, 2.05) is 4.90 Å². The van der Waals surface area contributed by atoms with E-state index in [4.69, 9.17) is 4.52 Å². The summed E-state index contributed by atoms with van der Waals surface area (Å²) >= 11 is 1.51.